The smallest absolute Gasteiger partial charge is 0.237 e. The molecule has 1 amide bonds. The number of nitrogens with one attached hydrogen (secondary N) is 2. The van der Waals surface area contributed by atoms with Gasteiger partial charge in [-0.2, -0.15) is 0 Å². The molecule has 1 aliphatic heterocycles. The first kappa shape index (κ1) is 12.7. The molecule has 3 nitrogen and oxygen atoms in total. The Morgan fingerprint density at radius 2 is 2.05 bits per heavy atom. The SMILES string of the molecule is O=C(NC1CCCc2ccccc21)[C@@H]1CCCCN1. The van der Waals surface area contributed by atoms with Crippen LogP contribution in [0.2, 0.25) is 0 Å². The molecule has 2 atom stereocenters. The van der Waals surface area contributed by atoms with E-state index in [1.54, 1.807) is 0 Å². The number of rotatable bonds is 2. The largest absolute Gasteiger partial charge is 0.348 e. The molecule has 0 saturated carbocycles. The van der Waals surface area contributed by atoms with Crippen LogP contribution in [0.25, 0.3) is 0 Å². The molecule has 1 aromatic rings. The summed E-state index contributed by atoms with van der Waals surface area (Å²) in [6, 6.07) is 8.73. The van der Waals surface area contributed by atoms with Crippen molar-refractivity contribution in [2.75, 3.05) is 6.54 Å². The van der Waals surface area contributed by atoms with Gasteiger partial charge in [-0.15, -0.1) is 0 Å². The Labute approximate surface area is 114 Å². The summed E-state index contributed by atoms with van der Waals surface area (Å²) in [7, 11) is 0. The number of amides is 1. The fourth-order valence-electron chi connectivity index (χ4n) is 3.25. The van der Waals surface area contributed by atoms with Crippen LogP contribution in [0.1, 0.15) is 49.3 Å². The zero-order chi connectivity index (χ0) is 13.1. The van der Waals surface area contributed by atoms with Gasteiger partial charge in [-0.25, -0.2) is 0 Å². The molecule has 3 heteroatoms. The Morgan fingerprint density at radius 1 is 1.16 bits per heavy atom. The summed E-state index contributed by atoms with van der Waals surface area (Å²) in [5, 5.41) is 6.56. The highest BCUT2D eigenvalue weighted by molar-refractivity contribution is 5.82. The molecule has 0 spiro atoms. The van der Waals surface area contributed by atoms with Gasteiger partial charge in [0.2, 0.25) is 5.91 Å². The van der Waals surface area contributed by atoms with Gasteiger partial charge in [0.1, 0.15) is 0 Å². The molecule has 1 heterocycles. The minimum absolute atomic E-state index is 0.0165. The Balaban J connectivity index is 1.68. The molecule has 19 heavy (non-hydrogen) atoms. The van der Waals surface area contributed by atoms with Gasteiger partial charge < -0.3 is 10.6 Å². The van der Waals surface area contributed by atoms with Gasteiger partial charge in [0.25, 0.3) is 0 Å². The number of hydrogen-bond donors (Lipinski definition) is 2. The van der Waals surface area contributed by atoms with Crippen LogP contribution in [0.4, 0.5) is 0 Å². The van der Waals surface area contributed by atoms with Gasteiger partial charge in [-0.05, 0) is 49.8 Å². The number of aryl methyl sites for hydroxylation is 1. The van der Waals surface area contributed by atoms with Crippen molar-refractivity contribution in [1.29, 1.82) is 0 Å². The van der Waals surface area contributed by atoms with Crippen molar-refractivity contribution in [3.8, 4) is 0 Å². The first-order chi connectivity index (χ1) is 9.34. The number of fused-ring (bicyclic) bond motifs is 1. The van der Waals surface area contributed by atoms with Gasteiger partial charge in [0.05, 0.1) is 12.1 Å². The number of piperidine rings is 1. The van der Waals surface area contributed by atoms with E-state index >= 15 is 0 Å². The van der Waals surface area contributed by atoms with Gasteiger partial charge >= 0.3 is 0 Å². The van der Waals surface area contributed by atoms with Crippen molar-refractivity contribution < 1.29 is 4.79 Å². The van der Waals surface area contributed by atoms with E-state index < -0.39 is 0 Å². The van der Waals surface area contributed by atoms with E-state index in [2.05, 4.69) is 34.9 Å². The average Bonchev–Trinajstić information content (AvgIpc) is 2.48. The maximum absolute atomic E-state index is 12.3. The van der Waals surface area contributed by atoms with Crippen LogP contribution in [0, 0.1) is 0 Å². The third-order valence-electron chi connectivity index (χ3n) is 4.31. The summed E-state index contributed by atoms with van der Waals surface area (Å²) in [4.78, 5) is 12.3. The fraction of sp³-hybridized carbons (Fsp3) is 0.562. The fourth-order valence-corrected chi connectivity index (χ4v) is 3.25. The molecule has 0 aromatic heterocycles. The Hall–Kier alpha value is -1.35. The normalized spacial score (nSPS) is 26.5. The lowest BCUT2D eigenvalue weighted by Gasteiger charge is -2.29. The minimum atomic E-state index is 0.0165. The van der Waals surface area contributed by atoms with Gasteiger partial charge in [-0.3, -0.25) is 4.79 Å². The molecule has 3 rings (SSSR count). The van der Waals surface area contributed by atoms with Crippen LogP contribution < -0.4 is 10.6 Å². The van der Waals surface area contributed by atoms with Crippen LogP contribution in [-0.2, 0) is 11.2 Å². The number of carbonyl (C=O) groups is 1. The molecule has 1 aliphatic carbocycles. The molecule has 1 unspecified atom stereocenters. The molecule has 2 N–H and O–H groups in total. The Kier molecular flexibility index (Phi) is 3.83. The molecule has 2 aliphatic rings. The second-order valence-electron chi connectivity index (χ2n) is 5.65. The van der Waals surface area contributed by atoms with Gasteiger partial charge in [0, 0.05) is 0 Å². The molecule has 1 aromatic carbocycles. The third kappa shape index (κ3) is 2.81. The zero-order valence-electron chi connectivity index (χ0n) is 11.3. The summed E-state index contributed by atoms with van der Waals surface area (Å²) >= 11 is 0. The third-order valence-corrected chi connectivity index (χ3v) is 4.31. The van der Waals surface area contributed by atoms with Crippen molar-refractivity contribution in [2.45, 2.75) is 50.6 Å². The number of hydrogen-bond acceptors (Lipinski definition) is 2. The van der Waals surface area contributed by atoms with Crippen LogP contribution in [-0.4, -0.2) is 18.5 Å². The van der Waals surface area contributed by atoms with E-state index in [4.69, 9.17) is 0 Å². The van der Waals surface area contributed by atoms with Crippen LogP contribution >= 0.6 is 0 Å². The molecule has 1 saturated heterocycles. The first-order valence-corrected chi connectivity index (χ1v) is 7.46. The van der Waals surface area contributed by atoms with Gasteiger partial charge in [-0.1, -0.05) is 30.7 Å². The highest BCUT2D eigenvalue weighted by Crippen LogP contribution is 2.29. The second-order valence-corrected chi connectivity index (χ2v) is 5.65. The lowest BCUT2D eigenvalue weighted by molar-refractivity contribution is -0.124. The minimum Gasteiger partial charge on any atom is -0.348 e. The molecular formula is C16H22N2O. The highest BCUT2D eigenvalue weighted by atomic mass is 16.2. The highest BCUT2D eigenvalue weighted by Gasteiger charge is 2.26. The van der Waals surface area contributed by atoms with Gasteiger partial charge in [0.15, 0.2) is 0 Å². The number of benzene rings is 1. The molecular weight excluding hydrogens is 236 g/mol. The molecule has 0 bridgehead atoms. The predicted octanol–water partition coefficient (Wildman–Crippen LogP) is 2.32. The second kappa shape index (κ2) is 5.74. The van der Waals surface area contributed by atoms with E-state index in [1.165, 1.54) is 24.0 Å². The predicted molar refractivity (Wildman–Crippen MR) is 75.9 cm³/mol. The summed E-state index contributed by atoms with van der Waals surface area (Å²) < 4.78 is 0. The van der Waals surface area contributed by atoms with Crippen molar-refractivity contribution in [3.05, 3.63) is 35.4 Å². The summed E-state index contributed by atoms with van der Waals surface area (Å²) in [5.41, 5.74) is 2.72. The molecule has 1 fully saturated rings. The topological polar surface area (TPSA) is 41.1 Å². The summed E-state index contributed by atoms with van der Waals surface area (Å²) in [6.45, 7) is 0.972. The van der Waals surface area contributed by atoms with E-state index in [-0.39, 0.29) is 18.0 Å². The maximum Gasteiger partial charge on any atom is 0.237 e. The first-order valence-electron chi connectivity index (χ1n) is 7.46. The summed E-state index contributed by atoms with van der Waals surface area (Å²) in [6.07, 6.45) is 6.70. The van der Waals surface area contributed by atoms with E-state index in [1.807, 2.05) is 0 Å². The van der Waals surface area contributed by atoms with E-state index in [0.29, 0.717) is 0 Å². The lowest BCUT2D eigenvalue weighted by atomic mass is 9.87. The molecule has 0 radical (unpaired) electrons. The Morgan fingerprint density at radius 3 is 2.89 bits per heavy atom. The van der Waals surface area contributed by atoms with Crippen LogP contribution in [0.15, 0.2) is 24.3 Å². The van der Waals surface area contributed by atoms with Crippen molar-refractivity contribution in [1.82, 2.24) is 10.6 Å². The van der Waals surface area contributed by atoms with Crippen LogP contribution in [0.3, 0.4) is 0 Å². The standard InChI is InChI=1S/C16H22N2O/c19-16(15-9-3-4-11-17-15)18-14-10-5-7-12-6-1-2-8-13(12)14/h1-2,6,8,14-15,17H,3-5,7,9-11H2,(H,18,19)/t14?,15-/m0/s1. The number of carbonyl (C=O) groups excluding carboxylic acids is 1. The van der Waals surface area contributed by atoms with Crippen molar-refractivity contribution in [3.63, 3.8) is 0 Å². The average molecular weight is 258 g/mol. The maximum atomic E-state index is 12.3. The van der Waals surface area contributed by atoms with Crippen LogP contribution in [0.5, 0.6) is 0 Å². The van der Waals surface area contributed by atoms with E-state index in [0.717, 1.165) is 32.2 Å². The molecule has 102 valence electrons. The monoisotopic (exact) mass is 258 g/mol. The lowest BCUT2D eigenvalue weighted by Crippen LogP contribution is -2.47. The van der Waals surface area contributed by atoms with E-state index in [9.17, 15) is 4.79 Å². The Bertz CT molecular complexity index is 452. The van der Waals surface area contributed by atoms with Crippen molar-refractivity contribution >= 4 is 5.91 Å². The quantitative estimate of drug-likeness (QED) is 0.855. The summed E-state index contributed by atoms with van der Waals surface area (Å²) in [5.74, 6) is 0.182. The zero-order valence-corrected chi connectivity index (χ0v) is 11.3. The van der Waals surface area contributed by atoms with Crippen molar-refractivity contribution in [2.24, 2.45) is 0 Å².